The summed E-state index contributed by atoms with van der Waals surface area (Å²) >= 11 is 0. The van der Waals surface area contributed by atoms with E-state index in [-0.39, 0.29) is 10.5 Å². The molecule has 0 spiro atoms. The Kier molecular flexibility index (Phi) is 2.11. The van der Waals surface area contributed by atoms with Crippen LogP contribution in [-0.2, 0) is 6.42 Å². The Morgan fingerprint density at radius 1 is 1.00 bits per heavy atom. The molecule has 1 nitrogen and oxygen atoms in total. The molecule has 2 aromatic carbocycles. The van der Waals surface area contributed by atoms with Crippen molar-refractivity contribution in [3.8, 4) is 0 Å². The highest BCUT2D eigenvalue weighted by atomic mass is 32.2. The molecule has 1 aliphatic rings. The second-order valence-corrected chi connectivity index (χ2v) is 5.64. The third-order valence-electron chi connectivity index (χ3n) is 2.99. The lowest BCUT2D eigenvalue weighted by atomic mass is 10.0. The molecular formula is C14H13NS. The van der Waals surface area contributed by atoms with Gasteiger partial charge in [0, 0.05) is 15.5 Å². The van der Waals surface area contributed by atoms with Crippen LogP contribution >= 0.6 is 10.5 Å². The maximum absolute atomic E-state index is 6.06. The molecule has 0 saturated heterocycles. The van der Waals surface area contributed by atoms with Crippen molar-refractivity contribution >= 4 is 22.0 Å². The molecule has 80 valence electrons. The van der Waals surface area contributed by atoms with Crippen molar-refractivity contribution in [2.45, 2.75) is 16.2 Å². The first kappa shape index (κ1) is 9.67. The van der Waals surface area contributed by atoms with E-state index in [2.05, 4.69) is 36.2 Å². The molecule has 1 aliphatic heterocycles. The van der Waals surface area contributed by atoms with Gasteiger partial charge in [0.1, 0.15) is 0 Å². The van der Waals surface area contributed by atoms with Crippen LogP contribution < -0.4 is 5.73 Å². The molecular weight excluding hydrogens is 214 g/mol. The summed E-state index contributed by atoms with van der Waals surface area (Å²) in [4.78, 5) is 2.58. The van der Waals surface area contributed by atoms with Crippen LogP contribution in [-0.4, -0.2) is 5.87 Å². The van der Waals surface area contributed by atoms with Crippen molar-refractivity contribution in [2.75, 3.05) is 5.73 Å². The van der Waals surface area contributed by atoms with Crippen molar-refractivity contribution < 1.29 is 0 Å². The lowest BCUT2D eigenvalue weighted by molar-refractivity contribution is 1.06. The smallest absolute Gasteiger partial charge is 0.0453 e. The first-order chi connectivity index (χ1) is 7.77. The van der Waals surface area contributed by atoms with Crippen molar-refractivity contribution in [3.63, 3.8) is 0 Å². The minimum absolute atomic E-state index is 0.127. The Morgan fingerprint density at radius 3 is 2.62 bits per heavy atom. The average molecular weight is 227 g/mol. The first-order valence-corrected chi connectivity index (χ1v) is 6.66. The van der Waals surface area contributed by atoms with Gasteiger partial charge >= 0.3 is 0 Å². The Bertz CT molecular complexity index is 587. The molecule has 3 rings (SSSR count). The van der Waals surface area contributed by atoms with Crippen LogP contribution in [0.15, 0.2) is 52.3 Å². The molecule has 0 amide bonds. The van der Waals surface area contributed by atoms with Crippen molar-refractivity contribution in [3.05, 3.63) is 53.6 Å². The average Bonchev–Trinajstić information content (AvgIpc) is 2.29. The van der Waals surface area contributed by atoms with Crippen LogP contribution in [0.4, 0.5) is 5.69 Å². The minimum Gasteiger partial charge on any atom is -0.398 e. The van der Waals surface area contributed by atoms with Crippen molar-refractivity contribution in [2.24, 2.45) is 0 Å². The van der Waals surface area contributed by atoms with Gasteiger partial charge in [-0.1, -0.05) is 36.2 Å². The van der Waals surface area contributed by atoms with Gasteiger partial charge in [0.05, 0.1) is 0 Å². The van der Waals surface area contributed by atoms with Crippen LogP contribution in [0.5, 0.6) is 0 Å². The number of rotatable bonds is 0. The number of fused-ring (bicyclic) bond motifs is 2. The molecule has 1 unspecified atom stereocenters. The molecule has 16 heavy (non-hydrogen) atoms. The predicted molar refractivity (Wildman–Crippen MR) is 71.3 cm³/mol. The second kappa shape index (κ2) is 3.49. The fraction of sp³-hybridized carbons (Fsp3) is 0.0714. The summed E-state index contributed by atoms with van der Waals surface area (Å²) in [5.41, 5.74) is 9.65. The number of nitrogens with two attached hydrogens (primary N) is 1. The van der Waals surface area contributed by atoms with Crippen LogP contribution in [0.3, 0.4) is 0 Å². The van der Waals surface area contributed by atoms with Gasteiger partial charge in [-0.2, -0.15) is 0 Å². The molecule has 2 aromatic rings. The van der Waals surface area contributed by atoms with Gasteiger partial charge in [0.25, 0.3) is 0 Å². The molecule has 2 heteroatoms. The zero-order chi connectivity index (χ0) is 11.1. The van der Waals surface area contributed by atoms with E-state index in [0.717, 1.165) is 12.1 Å². The highest BCUT2D eigenvalue weighted by Gasteiger charge is 2.18. The van der Waals surface area contributed by atoms with E-state index in [1.165, 1.54) is 20.9 Å². The summed E-state index contributed by atoms with van der Waals surface area (Å²) in [7, 11) is -0.127. The van der Waals surface area contributed by atoms with E-state index < -0.39 is 0 Å². The van der Waals surface area contributed by atoms with Gasteiger partial charge in [0.15, 0.2) is 0 Å². The monoisotopic (exact) mass is 227 g/mol. The lowest BCUT2D eigenvalue weighted by Gasteiger charge is -2.23. The molecule has 1 atom stereocenters. The SMILES string of the molecule is C=S1c2ccccc2Cc2cccc(N)c21. The molecule has 0 bridgehead atoms. The molecule has 0 aromatic heterocycles. The van der Waals surface area contributed by atoms with Gasteiger partial charge in [-0.05, 0) is 29.7 Å². The van der Waals surface area contributed by atoms with Crippen molar-refractivity contribution in [1.29, 1.82) is 0 Å². The van der Waals surface area contributed by atoms with Crippen LogP contribution in [0.1, 0.15) is 11.1 Å². The van der Waals surface area contributed by atoms with Gasteiger partial charge in [-0.3, -0.25) is 0 Å². The van der Waals surface area contributed by atoms with Gasteiger partial charge in [-0.15, -0.1) is 10.5 Å². The molecule has 0 saturated carbocycles. The van der Waals surface area contributed by atoms with Gasteiger partial charge in [0.2, 0.25) is 0 Å². The summed E-state index contributed by atoms with van der Waals surface area (Å²) in [6.07, 6.45) is 0.982. The Morgan fingerprint density at radius 2 is 1.75 bits per heavy atom. The highest BCUT2D eigenvalue weighted by Crippen LogP contribution is 2.46. The number of anilines is 1. The lowest BCUT2D eigenvalue weighted by Crippen LogP contribution is -2.03. The number of hydrogen-bond donors (Lipinski definition) is 1. The molecule has 0 fully saturated rings. The van der Waals surface area contributed by atoms with Crippen LogP contribution in [0.2, 0.25) is 0 Å². The maximum Gasteiger partial charge on any atom is 0.0453 e. The standard InChI is InChI=1S/C14H13NS/c1-16-13-8-3-2-5-10(13)9-11-6-4-7-12(15)14(11)16/h2-8H,1,9,15H2. The van der Waals surface area contributed by atoms with Crippen LogP contribution in [0.25, 0.3) is 0 Å². The van der Waals surface area contributed by atoms with E-state index in [0.29, 0.717) is 0 Å². The second-order valence-electron chi connectivity index (χ2n) is 4.01. The zero-order valence-corrected chi connectivity index (χ0v) is 9.76. The Labute approximate surface area is 97.8 Å². The van der Waals surface area contributed by atoms with E-state index in [1.807, 2.05) is 12.1 Å². The molecule has 0 radical (unpaired) electrons. The fourth-order valence-corrected chi connectivity index (χ4v) is 3.98. The van der Waals surface area contributed by atoms with E-state index in [1.54, 1.807) is 0 Å². The summed E-state index contributed by atoms with van der Waals surface area (Å²) in [5.74, 6) is 4.29. The maximum atomic E-state index is 6.06. The van der Waals surface area contributed by atoms with E-state index in [4.69, 9.17) is 5.73 Å². The third kappa shape index (κ3) is 1.30. The fourth-order valence-electron chi connectivity index (χ4n) is 2.25. The Hall–Kier alpha value is -1.54. The van der Waals surface area contributed by atoms with Gasteiger partial charge in [-0.25, -0.2) is 0 Å². The first-order valence-electron chi connectivity index (χ1n) is 5.26. The summed E-state index contributed by atoms with van der Waals surface area (Å²) in [5, 5.41) is 0. The summed E-state index contributed by atoms with van der Waals surface area (Å²) in [6, 6.07) is 14.7. The number of nitrogen functional groups attached to an aromatic ring is 1. The summed E-state index contributed by atoms with van der Waals surface area (Å²) in [6.45, 7) is 0. The predicted octanol–water partition coefficient (Wildman–Crippen LogP) is 3.29. The van der Waals surface area contributed by atoms with Gasteiger partial charge < -0.3 is 5.73 Å². The number of benzene rings is 2. The topological polar surface area (TPSA) is 26.0 Å². The third-order valence-corrected chi connectivity index (χ3v) is 4.91. The largest absolute Gasteiger partial charge is 0.398 e. The van der Waals surface area contributed by atoms with E-state index in [9.17, 15) is 0 Å². The quantitative estimate of drug-likeness (QED) is 0.463. The summed E-state index contributed by atoms with van der Waals surface area (Å²) < 4.78 is 0. The normalized spacial score (nSPS) is 17.6. The van der Waals surface area contributed by atoms with Crippen LogP contribution in [0, 0.1) is 0 Å². The zero-order valence-electron chi connectivity index (χ0n) is 8.94. The molecule has 1 heterocycles. The van der Waals surface area contributed by atoms with E-state index >= 15 is 0 Å². The minimum atomic E-state index is -0.127. The number of hydrogen-bond acceptors (Lipinski definition) is 1. The highest BCUT2D eigenvalue weighted by molar-refractivity contribution is 8.14. The van der Waals surface area contributed by atoms with Crippen molar-refractivity contribution in [1.82, 2.24) is 0 Å². The molecule has 0 aliphatic carbocycles. The molecule has 2 N–H and O–H groups in total. The Balaban J connectivity index is 2.27.